The van der Waals surface area contributed by atoms with Crippen LogP contribution in [0.5, 0.6) is 0 Å². The fourth-order valence-corrected chi connectivity index (χ4v) is 8.48. The van der Waals surface area contributed by atoms with Gasteiger partial charge in [-0.25, -0.2) is 0 Å². The zero-order valence-electron chi connectivity index (χ0n) is 23.6. The maximum atomic E-state index is 3.71. The average Bonchev–Trinajstić information content (AvgIpc) is 2.92. The van der Waals surface area contributed by atoms with Crippen molar-refractivity contribution in [2.45, 2.75) is 146 Å². The SMILES string of the molecule is CCCCCCSC1CCC(C#CC2CCC(C#CC3CCC(SCCCCCC)CC3)NC2)CC1. The predicted octanol–water partition coefficient (Wildman–Crippen LogP) is 9.11. The van der Waals surface area contributed by atoms with Gasteiger partial charge in [-0.15, -0.1) is 0 Å². The first-order chi connectivity index (χ1) is 17.8. The van der Waals surface area contributed by atoms with Gasteiger partial charge in [0.1, 0.15) is 0 Å². The van der Waals surface area contributed by atoms with Crippen LogP contribution < -0.4 is 5.32 Å². The van der Waals surface area contributed by atoms with Crippen molar-refractivity contribution in [1.82, 2.24) is 5.32 Å². The quantitative estimate of drug-likeness (QED) is 0.200. The molecular formula is C33H55NS2. The molecule has 2 saturated carbocycles. The van der Waals surface area contributed by atoms with Crippen LogP contribution in [-0.4, -0.2) is 34.6 Å². The summed E-state index contributed by atoms with van der Waals surface area (Å²) in [6.07, 6.45) is 24.4. The molecule has 0 radical (unpaired) electrons. The van der Waals surface area contributed by atoms with Gasteiger partial charge in [0, 0.05) is 34.8 Å². The van der Waals surface area contributed by atoms with Crippen LogP contribution in [0, 0.1) is 41.4 Å². The molecule has 1 heterocycles. The molecule has 3 heteroatoms. The van der Waals surface area contributed by atoms with E-state index < -0.39 is 0 Å². The van der Waals surface area contributed by atoms with Crippen molar-refractivity contribution in [3.63, 3.8) is 0 Å². The van der Waals surface area contributed by atoms with Crippen LogP contribution in [-0.2, 0) is 0 Å². The van der Waals surface area contributed by atoms with Crippen molar-refractivity contribution < 1.29 is 0 Å². The number of unbranched alkanes of at least 4 members (excludes halogenated alkanes) is 6. The van der Waals surface area contributed by atoms with E-state index in [1.54, 1.807) is 0 Å². The van der Waals surface area contributed by atoms with E-state index in [0.717, 1.165) is 17.0 Å². The average molecular weight is 530 g/mol. The van der Waals surface area contributed by atoms with Crippen molar-refractivity contribution in [3.05, 3.63) is 0 Å². The molecule has 204 valence electrons. The Morgan fingerprint density at radius 3 is 1.47 bits per heavy atom. The van der Waals surface area contributed by atoms with Crippen molar-refractivity contribution in [2.75, 3.05) is 18.1 Å². The predicted molar refractivity (Wildman–Crippen MR) is 165 cm³/mol. The summed E-state index contributed by atoms with van der Waals surface area (Å²) in [7, 11) is 0. The van der Waals surface area contributed by atoms with Crippen LogP contribution >= 0.6 is 23.5 Å². The van der Waals surface area contributed by atoms with Gasteiger partial charge in [-0.05, 0) is 88.6 Å². The molecule has 1 aliphatic heterocycles. The van der Waals surface area contributed by atoms with E-state index in [4.69, 9.17) is 0 Å². The first-order valence-corrected chi connectivity index (χ1v) is 17.8. The van der Waals surface area contributed by atoms with Gasteiger partial charge < -0.3 is 5.32 Å². The number of hydrogen-bond donors (Lipinski definition) is 1. The minimum absolute atomic E-state index is 0.401. The van der Waals surface area contributed by atoms with Gasteiger partial charge in [-0.3, -0.25) is 0 Å². The molecule has 3 aliphatic rings. The standard InChI is InChI=1S/C33H55NS2/c1-3-5-7-9-25-35-32-21-15-28(16-22-32)11-12-30-14-20-31(34-27-30)19-13-29-17-23-33(24-18-29)36-26-10-8-6-4-2/h28-34H,3-10,14-18,20-27H2,1-2H3. The number of nitrogens with one attached hydrogen (secondary N) is 1. The van der Waals surface area contributed by atoms with Gasteiger partial charge in [0.05, 0.1) is 6.04 Å². The van der Waals surface area contributed by atoms with Gasteiger partial charge in [0.15, 0.2) is 0 Å². The second kappa shape index (κ2) is 18.9. The van der Waals surface area contributed by atoms with E-state index in [2.05, 4.69) is 66.4 Å². The summed E-state index contributed by atoms with van der Waals surface area (Å²) in [4.78, 5) is 0. The lowest BCUT2D eigenvalue weighted by molar-refractivity contribution is 0.400. The molecule has 36 heavy (non-hydrogen) atoms. The lowest BCUT2D eigenvalue weighted by Crippen LogP contribution is -2.37. The Morgan fingerprint density at radius 2 is 1.00 bits per heavy atom. The molecule has 2 aliphatic carbocycles. The summed E-state index contributed by atoms with van der Waals surface area (Å²) in [6.45, 7) is 5.64. The number of thioether (sulfide) groups is 2. The molecule has 0 aromatic rings. The van der Waals surface area contributed by atoms with Gasteiger partial charge in [0.2, 0.25) is 0 Å². The van der Waals surface area contributed by atoms with Gasteiger partial charge in [0.25, 0.3) is 0 Å². The largest absolute Gasteiger partial charge is 0.302 e. The van der Waals surface area contributed by atoms with Crippen LogP contribution in [0.25, 0.3) is 0 Å². The van der Waals surface area contributed by atoms with Crippen molar-refractivity contribution in [2.24, 2.45) is 17.8 Å². The normalized spacial score (nSPS) is 30.6. The third-order valence-electron chi connectivity index (χ3n) is 8.42. The van der Waals surface area contributed by atoms with Crippen LogP contribution in [0.4, 0.5) is 0 Å². The van der Waals surface area contributed by atoms with Crippen molar-refractivity contribution >= 4 is 23.5 Å². The third-order valence-corrected chi connectivity index (χ3v) is 11.4. The van der Waals surface area contributed by atoms with E-state index in [0.29, 0.717) is 23.8 Å². The molecule has 0 bridgehead atoms. The monoisotopic (exact) mass is 529 g/mol. The first-order valence-electron chi connectivity index (χ1n) is 15.8. The van der Waals surface area contributed by atoms with Crippen LogP contribution in [0.15, 0.2) is 0 Å². The molecule has 0 aromatic heterocycles. The highest BCUT2D eigenvalue weighted by Gasteiger charge is 2.22. The summed E-state index contributed by atoms with van der Waals surface area (Å²) < 4.78 is 0. The molecule has 1 saturated heterocycles. The zero-order chi connectivity index (χ0) is 25.3. The Labute approximate surface area is 233 Å². The third kappa shape index (κ3) is 12.5. The molecule has 2 atom stereocenters. The summed E-state index contributed by atoms with van der Waals surface area (Å²) >= 11 is 4.49. The van der Waals surface area contributed by atoms with Crippen molar-refractivity contribution in [1.29, 1.82) is 0 Å². The summed E-state index contributed by atoms with van der Waals surface area (Å²) in [6, 6.07) is 0.401. The Morgan fingerprint density at radius 1 is 0.528 bits per heavy atom. The number of hydrogen-bond acceptors (Lipinski definition) is 3. The lowest BCUT2D eigenvalue weighted by atomic mass is 9.87. The highest BCUT2D eigenvalue weighted by atomic mass is 32.2. The van der Waals surface area contributed by atoms with Gasteiger partial charge >= 0.3 is 0 Å². The Bertz CT molecular complexity index is 614. The highest BCUT2D eigenvalue weighted by molar-refractivity contribution is 8.00. The van der Waals surface area contributed by atoms with Gasteiger partial charge in [-0.2, -0.15) is 23.5 Å². The van der Waals surface area contributed by atoms with Crippen LogP contribution in [0.3, 0.4) is 0 Å². The smallest absolute Gasteiger partial charge is 0.0690 e. The fraction of sp³-hybridized carbons (Fsp3) is 0.879. The highest BCUT2D eigenvalue weighted by Crippen LogP contribution is 2.33. The Hall–Kier alpha value is -0.220. The maximum absolute atomic E-state index is 3.71. The fourth-order valence-electron chi connectivity index (χ4n) is 5.86. The molecule has 1 N–H and O–H groups in total. The minimum atomic E-state index is 0.401. The number of rotatable bonds is 12. The lowest BCUT2D eigenvalue weighted by Gasteiger charge is -2.27. The van der Waals surface area contributed by atoms with Crippen LogP contribution in [0.2, 0.25) is 0 Å². The second-order valence-electron chi connectivity index (χ2n) is 11.6. The molecule has 3 rings (SSSR count). The maximum Gasteiger partial charge on any atom is 0.0690 e. The van der Waals surface area contributed by atoms with E-state index in [-0.39, 0.29) is 0 Å². The Kier molecular flexibility index (Phi) is 16.0. The molecular weight excluding hydrogens is 475 g/mol. The molecule has 0 spiro atoms. The van der Waals surface area contributed by atoms with E-state index in [9.17, 15) is 0 Å². The van der Waals surface area contributed by atoms with E-state index in [1.165, 1.54) is 127 Å². The summed E-state index contributed by atoms with van der Waals surface area (Å²) in [5, 5.41) is 5.52. The van der Waals surface area contributed by atoms with Crippen LogP contribution in [0.1, 0.15) is 129 Å². The van der Waals surface area contributed by atoms with E-state index >= 15 is 0 Å². The summed E-state index contributed by atoms with van der Waals surface area (Å²) in [5.74, 6) is 19.2. The molecule has 1 nitrogen and oxygen atoms in total. The second-order valence-corrected chi connectivity index (χ2v) is 14.4. The Balaban J connectivity index is 1.23. The topological polar surface area (TPSA) is 12.0 Å². The number of piperidine rings is 1. The summed E-state index contributed by atoms with van der Waals surface area (Å²) in [5.41, 5.74) is 0. The zero-order valence-corrected chi connectivity index (χ0v) is 25.3. The van der Waals surface area contributed by atoms with E-state index in [1.807, 2.05) is 0 Å². The molecule has 0 amide bonds. The molecule has 2 unspecified atom stereocenters. The molecule has 3 fully saturated rings. The van der Waals surface area contributed by atoms with Gasteiger partial charge in [-0.1, -0.05) is 76.1 Å². The first kappa shape index (κ1) is 30.3. The molecule has 0 aromatic carbocycles. The minimum Gasteiger partial charge on any atom is -0.302 e. The van der Waals surface area contributed by atoms with Crippen molar-refractivity contribution in [3.8, 4) is 23.7 Å².